The maximum atomic E-state index is 15.0. The zero-order valence-electron chi connectivity index (χ0n) is 21.2. The van der Waals surface area contributed by atoms with E-state index in [0.29, 0.717) is 17.7 Å². The minimum absolute atomic E-state index is 0.0176. The van der Waals surface area contributed by atoms with Gasteiger partial charge in [-0.2, -0.15) is 10.4 Å². The molecule has 0 amide bonds. The molecule has 7 nitrogen and oxygen atoms in total. The van der Waals surface area contributed by atoms with Crippen LogP contribution in [-0.4, -0.2) is 53.5 Å². The van der Waals surface area contributed by atoms with E-state index in [9.17, 15) is 5.26 Å². The zero-order valence-corrected chi connectivity index (χ0v) is 21.2. The smallest absolute Gasteiger partial charge is 0.171 e. The van der Waals surface area contributed by atoms with Gasteiger partial charge in [-0.25, -0.2) is 8.78 Å². The topological polar surface area (TPSA) is 76.2 Å². The minimum Gasteiger partial charge on any atom is -0.494 e. The van der Waals surface area contributed by atoms with Gasteiger partial charge in [0.2, 0.25) is 0 Å². The number of hydrogen-bond acceptors (Lipinski definition) is 6. The number of aromatic nitrogens is 3. The Morgan fingerprint density at radius 1 is 1.08 bits per heavy atom. The van der Waals surface area contributed by atoms with Crippen LogP contribution in [0.2, 0.25) is 0 Å². The highest BCUT2D eigenvalue weighted by Crippen LogP contribution is 2.38. The standard InChI is InChI=1S/C28H29F2N5O2/c1-4-34-9-7-19(8-10-34)35-16-22(24(14-31)33-35)18-12-20-17(5-6-23(20)32-15-18)11-21-27(29)25(36-2)13-26(37-3)28(21)30/h5,12-13,15-16,19H,4,6-11H2,1-3H3. The lowest BCUT2D eigenvalue weighted by molar-refractivity contribution is 0.187. The van der Waals surface area contributed by atoms with Crippen molar-refractivity contribution in [2.75, 3.05) is 33.9 Å². The Morgan fingerprint density at radius 2 is 1.78 bits per heavy atom. The first-order valence-corrected chi connectivity index (χ1v) is 12.5. The molecule has 0 radical (unpaired) electrons. The Kier molecular flexibility index (Phi) is 6.94. The fourth-order valence-electron chi connectivity index (χ4n) is 5.23. The van der Waals surface area contributed by atoms with Gasteiger partial charge in [0.05, 0.1) is 26.0 Å². The summed E-state index contributed by atoms with van der Waals surface area (Å²) in [5.41, 5.74) is 4.09. The zero-order chi connectivity index (χ0) is 26.1. The summed E-state index contributed by atoms with van der Waals surface area (Å²) in [6.07, 6.45) is 8.15. The number of allylic oxidation sites excluding steroid dienone is 2. The molecule has 0 atom stereocenters. The highest BCUT2D eigenvalue weighted by Gasteiger charge is 2.26. The summed E-state index contributed by atoms with van der Waals surface area (Å²) in [4.78, 5) is 7.03. The molecule has 0 spiro atoms. The molecular formula is C28H29F2N5O2. The predicted molar refractivity (Wildman–Crippen MR) is 135 cm³/mol. The Bertz CT molecular complexity index is 1370. The quantitative estimate of drug-likeness (QED) is 0.452. The van der Waals surface area contributed by atoms with Crippen LogP contribution in [0, 0.1) is 23.0 Å². The second kappa shape index (κ2) is 10.3. The van der Waals surface area contributed by atoms with Crippen LogP contribution >= 0.6 is 0 Å². The molecular weight excluding hydrogens is 476 g/mol. The SMILES string of the molecule is CCN1CCC(n2cc(-c3cnc4c(c3)C(Cc3c(F)c(OC)cc(OC)c3F)=CC4)c(C#N)n2)CC1. The molecule has 9 heteroatoms. The van der Waals surface area contributed by atoms with Gasteiger partial charge in [-0.3, -0.25) is 9.67 Å². The molecule has 1 aliphatic heterocycles. The molecule has 0 unspecified atom stereocenters. The Balaban J connectivity index is 1.46. The Labute approximate surface area is 214 Å². The van der Waals surface area contributed by atoms with Crippen LogP contribution in [0.4, 0.5) is 8.78 Å². The van der Waals surface area contributed by atoms with Crippen molar-refractivity contribution in [2.45, 2.75) is 38.6 Å². The van der Waals surface area contributed by atoms with E-state index in [4.69, 9.17) is 9.47 Å². The number of methoxy groups -OCH3 is 2. The highest BCUT2D eigenvalue weighted by molar-refractivity contribution is 5.79. The lowest BCUT2D eigenvalue weighted by Crippen LogP contribution is -2.34. The molecule has 1 aromatic carbocycles. The van der Waals surface area contributed by atoms with E-state index in [1.54, 1.807) is 6.20 Å². The summed E-state index contributed by atoms with van der Waals surface area (Å²) in [5.74, 6) is -1.65. The van der Waals surface area contributed by atoms with Crippen molar-refractivity contribution >= 4 is 5.57 Å². The van der Waals surface area contributed by atoms with Crippen molar-refractivity contribution < 1.29 is 18.3 Å². The van der Waals surface area contributed by atoms with Gasteiger partial charge in [0.1, 0.15) is 6.07 Å². The van der Waals surface area contributed by atoms with Gasteiger partial charge in [-0.05, 0) is 31.0 Å². The number of benzene rings is 1. The van der Waals surface area contributed by atoms with Crippen LogP contribution in [0.5, 0.6) is 11.5 Å². The molecule has 1 saturated heterocycles. The van der Waals surface area contributed by atoms with Crippen molar-refractivity contribution in [3.63, 3.8) is 0 Å². The largest absolute Gasteiger partial charge is 0.494 e. The highest BCUT2D eigenvalue weighted by atomic mass is 19.1. The molecule has 3 heterocycles. The monoisotopic (exact) mass is 505 g/mol. The summed E-state index contributed by atoms with van der Waals surface area (Å²) in [5, 5.41) is 14.4. The summed E-state index contributed by atoms with van der Waals surface area (Å²) in [6.45, 7) is 5.22. The minimum atomic E-state index is -0.749. The molecule has 0 N–H and O–H groups in total. The Morgan fingerprint density at radius 3 is 2.41 bits per heavy atom. The molecule has 0 saturated carbocycles. The van der Waals surface area contributed by atoms with Gasteiger partial charge in [0.25, 0.3) is 0 Å². The van der Waals surface area contributed by atoms with Crippen molar-refractivity contribution in [3.8, 4) is 28.7 Å². The molecule has 37 heavy (non-hydrogen) atoms. The third-order valence-electron chi connectivity index (χ3n) is 7.42. The number of likely N-dealkylation sites (tertiary alicyclic amines) is 1. The number of nitriles is 1. The summed E-state index contributed by atoms with van der Waals surface area (Å²) >= 11 is 0. The molecule has 2 aliphatic rings. The van der Waals surface area contributed by atoms with Crippen molar-refractivity contribution in [2.24, 2.45) is 0 Å². The predicted octanol–water partition coefficient (Wildman–Crippen LogP) is 4.95. The van der Waals surface area contributed by atoms with Crippen LogP contribution in [0.3, 0.4) is 0 Å². The van der Waals surface area contributed by atoms with Crippen LogP contribution in [0.1, 0.15) is 48.3 Å². The normalized spacial score (nSPS) is 15.8. The van der Waals surface area contributed by atoms with Crippen molar-refractivity contribution in [3.05, 3.63) is 64.8 Å². The average Bonchev–Trinajstić information content (AvgIpc) is 3.55. The summed E-state index contributed by atoms with van der Waals surface area (Å²) in [7, 11) is 2.67. The Hall–Kier alpha value is -3.77. The fourth-order valence-corrected chi connectivity index (χ4v) is 5.23. The number of nitrogens with zero attached hydrogens (tertiary/aromatic N) is 5. The summed E-state index contributed by atoms with van der Waals surface area (Å²) < 4.78 is 42.2. The lowest BCUT2D eigenvalue weighted by Gasteiger charge is -2.31. The van der Waals surface area contributed by atoms with E-state index in [1.807, 2.05) is 23.0 Å². The first-order chi connectivity index (χ1) is 18.0. The van der Waals surface area contributed by atoms with E-state index in [-0.39, 0.29) is 29.5 Å². The number of hydrogen-bond donors (Lipinski definition) is 0. The van der Waals surface area contributed by atoms with Gasteiger partial charge < -0.3 is 14.4 Å². The number of rotatable bonds is 7. The van der Waals surface area contributed by atoms with E-state index in [2.05, 4.69) is 28.0 Å². The molecule has 0 bridgehead atoms. The fraction of sp³-hybridized carbons (Fsp3) is 0.393. The number of halogens is 2. The van der Waals surface area contributed by atoms with Gasteiger partial charge in [0.15, 0.2) is 28.8 Å². The van der Waals surface area contributed by atoms with E-state index < -0.39 is 11.6 Å². The first-order valence-electron chi connectivity index (χ1n) is 12.5. The molecule has 1 fully saturated rings. The molecule has 1 aliphatic carbocycles. The van der Waals surface area contributed by atoms with Crippen LogP contribution in [0.15, 0.2) is 30.6 Å². The molecule has 192 valence electrons. The number of ether oxygens (including phenoxy) is 2. The maximum Gasteiger partial charge on any atom is 0.171 e. The van der Waals surface area contributed by atoms with Crippen LogP contribution in [0.25, 0.3) is 16.7 Å². The molecule has 2 aromatic heterocycles. The maximum absolute atomic E-state index is 15.0. The van der Waals surface area contributed by atoms with E-state index in [0.717, 1.165) is 54.9 Å². The number of piperidine rings is 1. The number of fused-ring (bicyclic) bond motifs is 1. The van der Waals surface area contributed by atoms with Crippen molar-refractivity contribution in [1.82, 2.24) is 19.7 Å². The third kappa shape index (κ3) is 4.58. The van der Waals surface area contributed by atoms with Gasteiger partial charge >= 0.3 is 0 Å². The molecule has 3 aromatic rings. The second-order valence-corrected chi connectivity index (χ2v) is 9.36. The molecule has 5 rings (SSSR count). The third-order valence-corrected chi connectivity index (χ3v) is 7.42. The lowest BCUT2D eigenvalue weighted by atomic mass is 9.97. The van der Waals surface area contributed by atoms with Gasteiger partial charge in [-0.15, -0.1) is 0 Å². The second-order valence-electron chi connectivity index (χ2n) is 9.36. The number of pyridine rings is 1. The van der Waals surface area contributed by atoms with Crippen LogP contribution < -0.4 is 9.47 Å². The first kappa shape index (κ1) is 24.9. The average molecular weight is 506 g/mol. The van der Waals surface area contributed by atoms with E-state index in [1.165, 1.54) is 20.3 Å². The van der Waals surface area contributed by atoms with Gasteiger partial charge in [-0.1, -0.05) is 13.0 Å². The van der Waals surface area contributed by atoms with E-state index >= 15 is 8.78 Å². The van der Waals surface area contributed by atoms with Crippen LogP contribution in [-0.2, 0) is 12.8 Å². The summed E-state index contributed by atoms with van der Waals surface area (Å²) in [6, 6.07) is 5.61. The van der Waals surface area contributed by atoms with Gasteiger partial charge in [0, 0.05) is 66.6 Å². The van der Waals surface area contributed by atoms with Crippen molar-refractivity contribution in [1.29, 1.82) is 5.26 Å².